The molecular weight excluding hydrogens is 613 g/mol. The predicted octanol–water partition coefficient (Wildman–Crippen LogP) is 5.08. The zero-order chi connectivity index (χ0) is 31.8. The number of rotatable bonds is 7. The number of ether oxygens (including phenoxy) is 1. The Balaban J connectivity index is 1.21. The lowest BCUT2D eigenvalue weighted by Gasteiger charge is -2.58. The summed E-state index contributed by atoms with van der Waals surface area (Å²) in [5.41, 5.74) is 3.75. The molecule has 1 aromatic carbocycles. The lowest BCUT2D eigenvalue weighted by molar-refractivity contribution is -0.149. The first-order chi connectivity index (χ1) is 21.4. The summed E-state index contributed by atoms with van der Waals surface area (Å²) in [6.45, 7) is 15.2. The molecule has 7 rings (SSSR count). The van der Waals surface area contributed by atoms with Crippen molar-refractivity contribution in [3.05, 3.63) is 40.7 Å². The zero-order valence-corrected chi connectivity index (χ0v) is 28.0. The molecule has 1 saturated carbocycles. The molecular formula is C33H43Cl2N7O3. The van der Waals surface area contributed by atoms with Gasteiger partial charge in [0.15, 0.2) is 5.82 Å². The number of benzene rings is 1. The van der Waals surface area contributed by atoms with Crippen LogP contribution in [-0.4, -0.2) is 105 Å². The Hall–Kier alpha value is -2.63. The fourth-order valence-electron chi connectivity index (χ4n) is 8.70. The van der Waals surface area contributed by atoms with Crippen molar-refractivity contribution in [3.63, 3.8) is 0 Å². The number of carbonyl (C=O) groups excluding carboxylic acids is 1. The average molecular weight is 657 g/mol. The van der Waals surface area contributed by atoms with E-state index in [4.69, 9.17) is 33.0 Å². The molecule has 1 amide bonds. The van der Waals surface area contributed by atoms with Crippen molar-refractivity contribution >= 4 is 45.8 Å². The Morgan fingerprint density at radius 1 is 1.22 bits per heavy atom. The van der Waals surface area contributed by atoms with E-state index < -0.39 is 6.10 Å². The van der Waals surface area contributed by atoms with Crippen molar-refractivity contribution in [1.82, 2.24) is 29.8 Å². The second-order valence-corrected chi connectivity index (χ2v) is 15.2. The second kappa shape index (κ2) is 11.3. The SMILES string of the molecule is C=CC(=O)N1CC2(CC(n3nc(N4CC[C@@H](CN5C[C@H](OC)[C@@H](O)C5)CC4(C)C)c(-c4c(Cl)c(Cl)cc5[nH]ncc45)c3C)C2)C1. The van der Waals surface area contributed by atoms with Crippen LogP contribution in [0.1, 0.15) is 51.3 Å². The smallest absolute Gasteiger partial charge is 0.245 e. The summed E-state index contributed by atoms with van der Waals surface area (Å²) in [6, 6.07) is 2.07. The van der Waals surface area contributed by atoms with E-state index >= 15 is 0 Å². The lowest BCUT2D eigenvalue weighted by atomic mass is 9.60. The third-order valence-corrected chi connectivity index (χ3v) is 11.7. The summed E-state index contributed by atoms with van der Waals surface area (Å²) in [4.78, 5) is 18.8. The maximum absolute atomic E-state index is 12.1. The van der Waals surface area contributed by atoms with Gasteiger partial charge in [-0.25, -0.2) is 0 Å². The highest BCUT2D eigenvalue weighted by molar-refractivity contribution is 6.45. The van der Waals surface area contributed by atoms with Crippen LogP contribution >= 0.6 is 23.2 Å². The van der Waals surface area contributed by atoms with E-state index in [-0.39, 0.29) is 29.0 Å². The van der Waals surface area contributed by atoms with E-state index in [0.717, 1.165) is 91.9 Å². The minimum absolute atomic E-state index is 0.00806. The molecule has 4 aliphatic rings. The van der Waals surface area contributed by atoms with Crippen molar-refractivity contribution in [1.29, 1.82) is 0 Å². The van der Waals surface area contributed by atoms with Gasteiger partial charge in [-0.15, -0.1) is 0 Å². The number of aromatic amines is 1. The average Bonchev–Trinajstić information content (AvgIpc) is 3.64. The highest BCUT2D eigenvalue weighted by Gasteiger charge is 2.55. The molecule has 5 heterocycles. The molecule has 0 unspecified atom stereocenters. The number of fused-ring (bicyclic) bond motifs is 1. The Bertz CT molecular complexity index is 1640. The molecule has 45 heavy (non-hydrogen) atoms. The number of piperidine rings is 1. The number of H-pyrrole nitrogens is 1. The number of methoxy groups -OCH3 is 1. The molecule has 242 valence electrons. The molecule has 1 aliphatic carbocycles. The molecule has 4 fully saturated rings. The number of carbonyl (C=O) groups is 1. The summed E-state index contributed by atoms with van der Waals surface area (Å²) < 4.78 is 7.69. The van der Waals surface area contributed by atoms with Gasteiger partial charge in [0.05, 0.1) is 40.0 Å². The van der Waals surface area contributed by atoms with Gasteiger partial charge < -0.3 is 19.6 Å². The summed E-state index contributed by atoms with van der Waals surface area (Å²) in [6.07, 6.45) is 6.64. The molecule has 3 aliphatic heterocycles. The number of nitrogens with zero attached hydrogens (tertiary/aromatic N) is 6. The van der Waals surface area contributed by atoms with E-state index in [0.29, 0.717) is 22.5 Å². The van der Waals surface area contributed by atoms with Crippen molar-refractivity contribution in [3.8, 4) is 11.1 Å². The van der Waals surface area contributed by atoms with Gasteiger partial charge in [-0.2, -0.15) is 10.2 Å². The van der Waals surface area contributed by atoms with Gasteiger partial charge >= 0.3 is 0 Å². The van der Waals surface area contributed by atoms with Gasteiger partial charge in [-0.3, -0.25) is 19.5 Å². The van der Waals surface area contributed by atoms with E-state index in [9.17, 15) is 9.90 Å². The minimum Gasteiger partial charge on any atom is -0.389 e. The first-order valence-corrected chi connectivity index (χ1v) is 16.7. The minimum atomic E-state index is -0.434. The molecule has 2 aromatic heterocycles. The lowest BCUT2D eigenvalue weighted by Crippen LogP contribution is -2.63. The van der Waals surface area contributed by atoms with Crippen molar-refractivity contribution in [2.75, 3.05) is 51.3 Å². The standard InChI is InChI=1S/C33H43Cl2N7O3/c1-6-27(44)40-17-33(18-40)11-21(12-33)42-19(2)28(29-22-13-36-37-24(22)9-23(34)30(29)35)31(38-42)41-8-7-20(10-32(41,3)4)14-39-15-25(43)26(16-39)45-5/h6,9,13,20-21,25-26,43H,1,7-8,10-12,14-18H2,2-5H3,(H,36,37)/t20-,25+,26+/m1/s1. The second-order valence-electron chi connectivity index (χ2n) is 14.5. The third-order valence-electron chi connectivity index (χ3n) is 10.9. The van der Waals surface area contributed by atoms with Crippen LogP contribution in [-0.2, 0) is 9.53 Å². The number of aliphatic hydroxyl groups is 1. The molecule has 0 radical (unpaired) electrons. The highest BCUT2D eigenvalue weighted by atomic mass is 35.5. The van der Waals surface area contributed by atoms with E-state index in [1.807, 2.05) is 17.2 Å². The summed E-state index contributed by atoms with van der Waals surface area (Å²) in [5, 5.41) is 25.1. The molecule has 3 saturated heterocycles. The summed E-state index contributed by atoms with van der Waals surface area (Å²) in [5.74, 6) is 1.43. The molecule has 0 bridgehead atoms. The largest absolute Gasteiger partial charge is 0.389 e. The van der Waals surface area contributed by atoms with Gasteiger partial charge in [-0.05, 0) is 64.5 Å². The number of halogens is 2. The molecule has 3 aromatic rings. The fraction of sp³-hybridized carbons (Fsp3) is 0.606. The van der Waals surface area contributed by atoms with Crippen LogP contribution in [0.25, 0.3) is 22.0 Å². The highest BCUT2D eigenvalue weighted by Crippen LogP contribution is 2.56. The molecule has 10 nitrogen and oxygen atoms in total. The maximum Gasteiger partial charge on any atom is 0.245 e. The van der Waals surface area contributed by atoms with Crippen LogP contribution in [0.5, 0.6) is 0 Å². The Kier molecular flexibility index (Phi) is 7.76. The van der Waals surface area contributed by atoms with Crippen molar-refractivity contribution in [2.24, 2.45) is 11.3 Å². The number of hydrogen-bond acceptors (Lipinski definition) is 7. The number of amides is 1. The van der Waals surface area contributed by atoms with Gasteiger partial charge in [0.1, 0.15) is 0 Å². The normalized spacial score (nSPS) is 26.4. The van der Waals surface area contributed by atoms with Gasteiger partial charge in [0, 0.05) is 79.5 Å². The van der Waals surface area contributed by atoms with E-state index in [1.165, 1.54) is 6.08 Å². The van der Waals surface area contributed by atoms with Crippen LogP contribution in [0, 0.1) is 18.3 Å². The van der Waals surface area contributed by atoms with Gasteiger partial charge in [0.25, 0.3) is 0 Å². The number of anilines is 1. The van der Waals surface area contributed by atoms with Crippen LogP contribution in [0.2, 0.25) is 10.0 Å². The van der Waals surface area contributed by atoms with Gasteiger partial charge in [0.2, 0.25) is 5.91 Å². The summed E-state index contributed by atoms with van der Waals surface area (Å²) >= 11 is 13.7. The van der Waals surface area contributed by atoms with Crippen LogP contribution in [0.15, 0.2) is 24.9 Å². The number of likely N-dealkylation sites (tertiary alicyclic amines) is 2. The Morgan fingerprint density at radius 2 is 1.98 bits per heavy atom. The molecule has 3 atom stereocenters. The number of aromatic nitrogens is 4. The van der Waals surface area contributed by atoms with Crippen LogP contribution < -0.4 is 4.90 Å². The zero-order valence-electron chi connectivity index (χ0n) is 26.5. The van der Waals surface area contributed by atoms with Gasteiger partial charge in [-0.1, -0.05) is 29.8 Å². The molecule has 2 N–H and O–H groups in total. The monoisotopic (exact) mass is 655 g/mol. The van der Waals surface area contributed by atoms with Crippen molar-refractivity contribution in [2.45, 2.75) is 70.2 Å². The van der Waals surface area contributed by atoms with E-state index in [2.05, 4.69) is 52.0 Å². The Labute approximate surface area is 274 Å². The molecule has 12 heteroatoms. The predicted molar refractivity (Wildman–Crippen MR) is 177 cm³/mol. The van der Waals surface area contributed by atoms with Crippen LogP contribution in [0.4, 0.5) is 5.82 Å². The van der Waals surface area contributed by atoms with Crippen LogP contribution in [0.3, 0.4) is 0 Å². The quantitative estimate of drug-likeness (QED) is 0.342. The maximum atomic E-state index is 12.1. The summed E-state index contributed by atoms with van der Waals surface area (Å²) in [7, 11) is 1.68. The number of hydrogen-bond donors (Lipinski definition) is 2. The fourth-order valence-corrected chi connectivity index (χ4v) is 9.15. The number of nitrogens with one attached hydrogen (secondary N) is 1. The van der Waals surface area contributed by atoms with Crippen molar-refractivity contribution < 1.29 is 14.6 Å². The third kappa shape index (κ3) is 5.17. The topological polar surface area (TPSA) is 103 Å². The first-order valence-electron chi connectivity index (χ1n) is 16.0. The molecule has 1 spiro atoms. The number of β-amino-alcohol motifs (C(OH)–C–C–N with tert-alkyl or cyclic N) is 1. The first kappa shape index (κ1) is 31.0. The number of aliphatic hydroxyl groups excluding tert-OH is 1. The Morgan fingerprint density at radius 3 is 2.64 bits per heavy atom. The van der Waals surface area contributed by atoms with E-state index in [1.54, 1.807) is 7.11 Å².